The van der Waals surface area contributed by atoms with Crippen molar-refractivity contribution in [3.8, 4) is 0 Å². The summed E-state index contributed by atoms with van der Waals surface area (Å²) in [6.07, 6.45) is 0. The number of thiazole rings is 1. The molecule has 0 saturated heterocycles. The highest BCUT2D eigenvalue weighted by molar-refractivity contribution is 7.22. The molecule has 0 aliphatic rings. The lowest BCUT2D eigenvalue weighted by molar-refractivity contribution is -0.894. The molecule has 0 fully saturated rings. The van der Waals surface area contributed by atoms with Gasteiger partial charge in [0, 0.05) is 5.56 Å². The number of carbonyl (C=O) groups is 1. The van der Waals surface area contributed by atoms with Crippen LogP contribution < -0.4 is 9.80 Å². The molecular weight excluding hydrogens is 373 g/mol. The molecule has 2 aromatic carbocycles. The first-order valence-corrected chi connectivity index (χ1v) is 10.5. The fourth-order valence-electron chi connectivity index (χ4n) is 3.29. The van der Waals surface area contributed by atoms with Crippen LogP contribution in [0.3, 0.4) is 0 Å². The van der Waals surface area contributed by atoms with E-state index < -0.39 is 0 Å². The monoisotopic (exact) mass is 400 g/mol. The van der Waals surface area contributed by atoms with Crippen LogP contribution in [0.2, 0.25) is 0 Å². The molecule has 1 aromatic heterocycles. The van der Waals surface area contributed by atoms with Gasteiger partial charge in [-0.3, -0.25) is 9.69 Å². The molecule has 0 spiro atoms. The maximum atomic E-state index is 14.2. The van der Waals surface area contributed by atoms with Gasteiger partial charge in [0.1, 0.15) is 11.3 Å². The first kappa shape index (κ1) is 20.4. The van der Waals surface area contributed by atoms with Crippen LogP contribution in [0.1, 0.15) is 35.3 Å². The lowest BCUT2D eigenvalue weighted by Crippen LogP contribution is -3.12. The molecule has 148 valence electrons. The third-order valence-electron chi connectivity index (χ3n) is 5.15. The van der Waals surface area contributed by atoms with Crippen molar-refractivity contribution in [3.05, 3.63) is 58.9 Å². The van der Waals surface area contributed by atoms with Crippen molar-refractivity contribution in [2.45, 2.75) is 27.7 Å². The van der Waals surface area contributed by atoms with E-state index in [4.69, 9.17) is 0 Å². The number of benzene rings is 2. The van der Waals surface area contributed by atoms with Crippen LogP contribution in [0.5, 0.6) is 0 Å². The SMILES string of the molecule is CC[NH+](CC)CCN(C(=O)c1cc(C)ccc1C)c1nc2c(F)cccc2s1. The highest BCUT2D eigenvalue weighted by Gasteiger charge is 2.24. The summed E-state index contributed by atoms with van der Waals surface area (Å²) in [5.41, 5.74) is 2.98. The third kappa shape index (κ3) is 4.23. The predicted octanol–water partition coefficient (Wildman–Crippen LogP) is 3.62. The zero-order chi connectivity index (χ0) is 20.3. The Hall–Kier alpha value is -2.31. The minimum absolute atomic E-state index is 0.0766. The maximum Gasteiger partial charge on any atom is 0.260 e. The molecule has 1 amide bonds. The summed E-state index contributed by atoms with van der Waals surface area (Å²) in [6.45, 7) is 11.6. The number of anilines is 1. The molecule has 0 aliphatic carbocycles. The van der Waals surface area contributed by atoms with Crippen molar-refractivity contribution in [2.24, 2.45) is 0 Å². The number of amides is 1. The van der Waals surface area contributed by atoms with E-state index in [1.807, 2.05) is 38.1 Å². The number of quaternary nitrogens is 1. The Morgan fingerprint density at radius 3 is 2.61 bits per heavy atom. The molecule has 3 aromatic rings. The smallest absolute Gasteiger partial charge is 0.260 e. The van der Waals surface area contributed by atoms with Gasteiger partial charge in [-0.1, -0.05) is 35.1 Å². The van der Waals surface area contributed by atoms with Crippen LogP contribution in [0.15, 0.2) is 36.4 Å². The summed E-state index contributed by atoms with van der Waals surface area (Å²) >= 11 is 1.36. The summed E-state index contributed by atoms with van der Waals surface area (Å²) in [5, 5.41) is 0.553. The summed E-state index contributed by atoms with van der Waals surface area (Å²) in [4.78, 5) is 21.1. The van der Waals surface area contributed by atoms with E-state index in [0.29, 0.717) is 22.8 Å². The molecule has 1 N–H and O–H groups in total. The van der Waals surface area contributed by atoms with Gasteiger partial charge >= 0.3 is 0 Å². The number of likely N-dealkylation sites (N-methyl/N-ethyl adjacent to an activating group) is 1. The van der Waals surface area contributed by atoms with Crippen molar-refractivity contribution >= 4 is 32.6 Å². The maximum absolute atomic E-state index is 14.2. The Bertz CT molecular complexity index is 981. The first-order valence-electron chi connectivity index (χ1n) is 9.72. The molecule has 3 rings (SSSR count). The molecule has 1 heterocycles. The Labute approximate surface area is 169 Å². The molecule has 0 radical (unpaired) electrons. The number of rotatable bonds is 7. The molecule has 0 atom stereocenters. The van der Waals surface area contributed by atoms with Crippen molar-refractivity contribution in [2.75, 3.05) is 31.1 Å². The van der Waals surface area contributed by atoms with E-state index in [1.165, 1.54) is 22.3 Å². The van der Waals surface area contributed by atoms with Crippen LogP contribution in [0.25, 0.3) is 10.2 Å². The fourth-order valence-corrected chi connectivity index (χ4v) is 4.29. The molecule has 0 unspecified atom stereocenters. The summed E-state index contributed by atoms with van der Waals surface area (Å²) in [5.74, 6) is -0.430. The molecule has 0 bridgehead atoms. The number of hydrogen-bond donors (Lipinski definition) is 1. The minimum Gasteiger partial charge on any atom is -0.334 e. The number of nitrogens with zero attached hydrogens (tertiary/aromatic N) is 2. The predicted molar refractivity (Wildman–Crippen MR) is 114 cm³/mol. The van der Waals surface area contributed by atoms with Crippen LogP contribution in [0.4, 0.5) is 9.52 Å². The largest absolute Gasteiger partial charge is 0.334 e. The second kappa shape index (κ2) is 8.80. The van der Waals surface area contributed by atoms with E-state index in [-0.39, 0.29) is 11.7 Å². The second-order valence-electron chi connectivity index (χ2n) is 7.07. The van der Waals surface area contributed by atoms with Gasteiger partial charge in [-0.2, -0.15) is 0 Å². The molecular formula is C22H27FN3OS+. The number of para-hydroxylation sites is 1. The number of aromatic nitrogens is 1. The highest BCUT2D eigenvalue weighted by atomic mass is 32.1. The van der Waals surface area contributed by atoms with Gasteiger partial charge in [-0.05, 0) is 51.5 Å². The van der Waals surface area contributed by atoms with Crippen LogP contribution in [-0.2, 0) is 0 Å². The number of carbonyl (C=O) groups excluding carboxylic acids is 1. The number of fused-ring (bicyclic) bond motifs is 1. The Balaban J connectivity index is 2.01. The van der Waals surface area contributed by atoms with Crippen LogP contribution in [-0.4, -0.2) is 37.1 Å². The number of nitrogens with one attached hydrogen (secondary N) is 1. The highest BCUT2D eigenvalue weighted by Crippen LogP contribution is 2.31. The first-order chi connectivity index (χ1) is 13.4. The van der Waals surface area contributed by atoms with Crippen LogP contribution in [0, 0.1) is 19.7 Å². The standard InChI is InChI=1S/C22H26FN3OS/c1-5-25(6-2)12-13-26(21(27)17-14-15(3)10-11-16(17)4)22-24-20-18(23)8-7-9-19(20)28-22/h7-11,14H,5-6,12-13H2,1-4H3/p+1. The van der Waals surface area contributed by atoms with E-state index >= 15 is 0 Å². The number of aryl methyl sites for hydroxylation is 2. The summed E-state index contributed by atoms with van der Waals surface area (Å²) < 4.78 is 14.9. The quantitative estimate of drug-likeness (QED) is 0.658. The normalized spacial score (nSPS) is 11.4. The van der Waals surface area contributed by atoms with Gasteiger partial charge < -0.3 is 4.90 Å². The number of hydrogen-bond acceptors (Lipinski definition) is 3. The topological polar surface area (TPSA) is 37.6 Å². The van der Waals surface area contributed by atoms with Gasteiger partial charge in [0.25, 0.3) is 5.91 Å². The van der Waals surface area contributed by atoms with E-state index in [9.17, 15) is 9.18 Å². The zero-order valence-corrected chi connectivity index (χ0v) is 17.7. The molecule has 6 heteroatoms. The molecule has 4 nitrogen and oxygen atoms in total. The zero-order valence-electron chi connectivity index (χ0n) is 16.9. The summed E-state index contributed by atoms with van der Waals surface area (Å²) in [6, 6.07) is 10.8. The van der Waals surface area contributed by atoms with Crippen molar-refractivity contribution in [1.29, 1.82) is 0 Å². The molecule has 0 aliphatic heterocycles. The molecule has 28 heavy (non-hydrogen) atoms. The van der Waals surface area contributed by atoms with Crippen molar-refractivity contribution in [3.63, 3.8) is 0 Å². The van der Waals surface area contributed by atoms with Gasteiger partial charge in [-0.15, -0.1) is 0 Å². The van der Waals surface area contributed by atoms with Gasteiger partial charge in [0.2, 0.25) is 0 Å². The molecule has 0 saturated carbocycles. The van der Waals surface area contributed by atoms with Crippen molar-refractivity contribution < 1.29 is 14.1 Å². The Morgan fingerprint density at radius 2 is 1.93 bits per heavy atom. The van der Waals surface area contributed by atoms with E-state index in [1.54, 1.807) is 11.0 Å². The van der Waals surface area contributed by atoms with E-state index in [0.717, 1.165) is 35.5 Å². The minimum atomic E-state index is -0.353. The van der Waals surface area contributed by atoms with Gasteiger partial charge in [0.15, 0.2) is 5.13 Å². The fraction of sp³-hybridized carbons (Fsp3) is 0.364. The number of halogens is 1. The Kier molecular flexibility index (Phi) is 6.42. The van der Waals surface area contributed by atoms with E-state index in [2.05, 4.69) is 18.8 Å². The lowest BCUT2D eigenvalue weighted by Gasteiger charge is -2.23. The second-order valence-corrected chi connectivity index (χ2v) is 8.07. The average molecular weight is 401 g/mol. The van der Waals surface area contributed by atoms with Crippen molar-refractivity contribution in [1.82, 2.24) is 4.98 Å². The third-order valence-corrected chi connectivity index (χ3v) is 6.19. The summed E-state index contributed by atoms with van der Waals surface area (Å²) in [7, 11) is 0. The van der Waals surface area contributed by atoms with Crippen LogP contribution >= 0.6 is 11.3 Å². The lowest BCUT2D eigenvalue weighted by atomic mass is 10.0. The Morgan fingerprint density at radius 1 is 1.18 bits per heavy atom. The van der Waals surface area contributed by atoms with Gasteiger partial charge in [-0.25, -0.2) is 9.37 Å². The van der Waals surface area contributed by atoms with Gasteiger partial charge in [0.05, 0.1) is 30.9 Å². The average Bonchev–Trinajstić information content (AvgIpc) is 3.12.